The first-order valence-corrected chi connectivity index (χ1v) is 9.05. The van der Waals surface area contributed by atoms with Gasteiger partial charge in [0.25, 0.3) is 0 Å². The Hall–Kier alpha value is -0.420. The zero-order chi connectivity index (χ0) is 14.4. The second-order valence-electron chi connectivity index (χ2n) is 6.13. The molecule has 116 valence electrons. The Balaban J connectivity index is 1.86. The normalized spacial score (nSPS) is 29.1. The molecule has 5 heteroatoms. The lowest BCUT2D eigenvalue weighted by atomic mass is 9.95. The zero-order valence-electron chi connectivity index (χ0n) is 12.5. The van der Waals surface area contributed by atoms with E-state index < -0.39 is 0 Å². The van der Waals surface area contributed by atoms with E-state index in [0.717, 1.165) is 37.9 Å². The average molecular weight is 300 g/mol. The molecule has 0 aromatic rings. The Labute approximate surface area is 126 Å². The number of amides is 2. The second-order valence-corrected chi connectivity index (χ2v) is 7.64. The Morgan fingerprint density at radius 2 is 1.95 bits per heavy atom. The lowest BCUT2D eigenvalue weighted by Crippen LogP contribution is -2.56. The molecule has 2 aliphatic rings. The lowest BCUT2D eigenvalue weighted by Gasteiger charge is -2.34. The monoisotopic (exact) mass is 300 g/mol. The fourth-order valence-electron chi connectivity index (χ4n) is 3.50. The summed E-state index contributed by atoms with van der Waals surface area (Å²) in [6.07, 6.45) is 8.75. The topological polar surface area (TPSA) is 61.4 Å². The molecule has 2 aliphatic carbocycles. The summed E-state index contributed by atoms with van der Waals surface area (Å²) in [5.74, 6) is 1.10. The van der Waals surface area contributed by atoms with Crippen molar-refractivity contribution in [3.05, 3.63) is 0 Å². The summed E-state index contributed by atoms with van der Waals surface area (Å²) >= 11 is 1.96. The lowest BCUT2D eigenvalue weighted by molar-refractivity contribution is 0.160. The Kier molecular flexibility index (Phi) is 6.02. The molecular weight excluding hydrogens is 272 g/mol. The molecule has 0 aliphatic heterocycles. The van der Waals surface area contributed by atoms with Crippen molar-refractivity contribution in [2.24, 2.45) is 0 Å². The highest BCUT2D eigenvalue weighted by Crippen LogP contribution is 2.30. The van der Waals surface area contributed by atoms with Gasteiger partial charge >= 0.3 is 6.03 Å². The van der Waals surface area contributed by atoms with Gasteiger partial charge in [-0.3, -0.25) is 0 Å². The number of hydrogen-bond acceptors (Lipinski definition) is 3. The average Bonchev–Trinajstić information content (AvgIpc) is 2.90. The number of thioether (sulfide) groups is 1. The van der Waals surface area contributed by atoms with E-state index in [-0.39, 0.29) is 24.2 Å². The summed E-state index contributed by atoms with van der Waals surface area (Å²) in [5.41, 5.74) is -0.369. The van der Waals surface area contributed by atoms with Crippen molar-refractivity contribution in [2.75, 3.05) is 12.4 Å². The Morgan fingerprint density at radius 1 is 1.25 bits per heavy atom. The van der Waals surface area contributed by atoms with E-state index in [0.29, 0.717) is 5.25 Å². The quantitative estimate of drug-likeness (QED) is 0.731. The highest BCUT2D eigenvalue weighted by atomic mass is 32.2. The van der Waals surface area contributed by atoms with Crippen LogP contribution in [0.5, 0.6) is 0 Å². The molecular formula is C15H28N2O2S. The smallest absolute Gasteiger partial charge is 0.315 e. The zero-order valence-corrected chi connectivity index (χ0v) is 13.3. The molecule has 2 rings (SSSR count). The van der Waals surface area contributed by atoms with Crippen molar-refractivity contribution in [3.8, 4) is 0 Å². The van der Waals surface area contributed by atoms with Gasteiger partial charge in [0.1, 0.15) is 0 Å². The van der Waals surface area contributed by atoms with Crippen LogP contribution < -0.4 is 10.6 Å². The minimum Gasteiger partial charge on any atom is -0.394 e. The van der Waals surface area contributed by atoms with Crippen LogP contribution in [0.2, 0.25) is 0 Å². The minimum absolute atomic E-state index is 0.0538. The summed E-state index contributed by atoms with van der Waals surface area (Å²) in [4.78, 5) is 12.2. The van der Waals surface area contributed by atoms with Gasteiger partial charge in [-0.1, -0.05) is 32.6 Å². The van der Waals surface area contributed by atoms with Crippen LogP contribution in [0.3, 0.4) is 0 Å². The van der Waals surface area contributed by atoms with Gasteiger partial charge in [-0.2, -0.15) is 11.8 Å². The van der Waals surface area contributed by atoms with Crippen molar-refractivity contribution < 1.29 is 9.90 Å². The van der Waals surface area contributed by atoms with Gasteiger partial charge in [-0.25, -0.2) is 4.79 Å². The van der Waals surface area contributed by atoms with Crippen molar-refractivity contribution in [1.29, 1.82) is 0 Å². The third-order valence-electron chi connectivity index (χ3n) is 4.64. The molecule has 0 spiro atoms. The molecule has 0 saturated heterocycles. The largest absolute Gasteiger partial charge is 0.394 e. The summed E-state index contributed by atoms with van der Waals surface area (Å²) < 4.78 is 0. The van der Waals surface area contributed by atoms with E-state index in [1.165, 1.54) is 19.3 Å². The molecule has 0 radical (unpaired) electrons. The molecule has 20 heavy (non-hydrogen) atoms. The maximum absolute atomic E-state index is 12.2. The molecule has 0 aromatic carbocycles. The van der Waals surface area contributed by atoms with Crippen LogP contribution in [0.25, 0.3) is 0 Å². The summed E-state index contributed by atoms with van der Waals surface area (Å²) in [7, 11) is 0. The van der Waals surface area contributed by atoms with Gasteiger partial charge in [0, 0.05) is 11.3 Å². The SMILES string of the molecule is CCSC1CCCCC1NC(=O)NC1(CO)CCCC1. The van der Waals surface area contributed by atoms with Crippen LogP contribution in [-0.4, -0.2) is 40.3 Å². The summed E-state index contributed by atoms with van der Waals surface area (Å²) in [6.45, 7) is 2.23. The summed E-state index contributed by atoms with van der Waals surface area (Å²) in [6, 6.07) is 0.195. The minimum atomic E-state index is -0.369. The Bertz CT molecular complexity index is 317. The van der Waals surface area contributed by atoms with Gasteiger partial charge in [0.2, 0.25) is 0 Å². The van der Waals surface area contributed by atoms with Gasteiger partial charge in [-0.05, 0) is 31.4 Å². The number of carbonyl (C=O) groups is 1. The van der Waals surface area contributed by atoms with Gasteiger partial charge in [-0.15, -0.1) is 0 Å². The molecule has 3 N–H and O–H groups in total. The van der Waals surface area contributed by atoms with E-state index in [9.17, 15) is 9.90 Å². The molecule has 2 unspecified atom stereocenters. The number of aliphatic hydroxyl groups is 1. The molecule has 0 bridgehead atoms. The van der Waals surface area contributed by atoms with Crippen molar-refractivity contribution in [1.82, 2.24) is 10.6 Å². The van der Waals surface area contributed by atoms with Crippen LogP contribution >= 0.6 is 11.8 Å². The van der Waals surface area contributed by atoms with E-state index in [1.54, 1.807) is 0 Å². The molecule has 2 saturated carbocycles. The molecule has 0 aromatic heterocycles. The maximum atomic E-state index is 12.2. The van der Waals surface area contributed by atoms with Crippen molar-refractivity contribution >= 4 is 17.8 Å². The number of aliphatic hydroxyl groups excluding tert-OH is 1. The standard InChI is InChI=1S/C15H28N2O2S/c1-2-20-13-8-4-3-7-12(13)16-14(19)17-15(11-18)9-5-6-10-15/h12-13,18H,2-11H2,1H3,(H2,16,17,19). The predicted molar refractivity (Wildman–Crippen MR) is 84.1 cm³/mol. The molecule has 4 nitrogen and oxygen atoms in total. The number of nitrogens with one attached hydrogen (secondary N) is 2. The first kappa shape index (κ1) is 16.0. The third-order valence-corrected chi connectivity index (χ3v) is 5.97. The van der Waals surface area contributed by atoms with Crippen LogP contribution in [-0.2, 0) is 0 Å². The third kappa shape index (κ3) is 4.04. The fourth-order valence-corrected chi connectivity index (χ4v) is 4.69. The van der Waals surface area contributed by atoms with E-state index in [2.05, 4.69) is 17.6 Å². The molecule has 2 fully saturated rings. The highest BCUT2D eigenvalue weighted by Gasteiger charge is 2.35. The van der Waals surface area contributed by atoms with E-state index in [1.807, 2.05) is 11.8 Å². The maximum Gasteiger partial charge on any atom is 0.315 e. The summed E-state index contributed by atoms with van der Waals surface area (Å²) in [5, 5.41) is 16.3. The number of rotatable bonds is 5. The second kappa shape index (κ2) is 7.55. The first-order chi connectivity index (χ1) is 9.69. The van der Waals surface area contributed by atoms with Gasteiger partial charge in [0.15, 0.2) is 0 Å². The van der Waals surface area contributed by atoms with Crippen LogP contribution in [0, 0.1) is 0 Å². The molecule has 2 amide bonds. The number of hydrogen-bond donors (Lipinski definition) is 3. The van der Waals surface area contributed by atoms with Crippen LogP contribution in [0.4, 0.5) is 4.79 Å². The predicted octanol–water partition coefficient (Wildman–Crippen LogP) is 2.66. The van der Waals surface area contributed by atoms with Gasteiger partial charge in [0.05, 0.1) is 12.1 Å². The van der Waals surface area contributed by atoms with E-state index >= 15 is 0 Å². The van der Waals surface area contributed by atoms with Crippen molar-refractivity contribution in [3.63, 3.8) is 0 Å². The van der Waals surface area contributed by atoms with Crippen LogP contribution in [0.15, 0.2) is 0 Å². The number of carbonyl (C=O) groups excluding carboxylic acids is 1. The fraction of sp³-hybridized carbons (Fsp3) is 0.933. The Morgan fingerprint density at radius 3 is 2.60 bits per heavy atom. The van der Waals surface area contributed by atoms with Crippen LogP contribution in [0.1, 0.15) is 58.3 Å². The van der Waals surface area contributed by atoms with Crippen molar-refractivity contribution in [2.45, 2.75) is 75.1 Å². The van der Waals surface area contributed by atoms with E-state index in [4.69, 9.17) is 0 Å². The first-order valence-electron chi connectivity index (χ1n) is 8.00. The molecule has 2 atom stereocenters. The molecule has 0 heterocycles. The highest BCUT2D eigenvalue weighted by molar-refractivity contribution is 7.99. The van der Waals surface area contributed by atoms with Gasteiger partial charge < -0.3 is 15.7 Å². The number of urea groups is 1.